The fraction of sp³-hybridized carbons (Fsp3) is 0.870. The zero-order valence-corrected chi connectivity index (χ0v) is 17.3. The van der Waals surface area contributed by atoms with Crippen molar-refractivity contribution in [3.8, 4) is 0 Å². The Kier molecular flexibility index (Phi) is 5.52. The lowest BCUT2D eigenvalue weighted by Gasteiger charge is -2.57. The van der Waals surface area contributed by atoms with E-state index < -0.39 is 0 Å². The fourth-order valence-electron chi connectivity index (χ4n) is 6.89. The van der Waals surface area contributed by atoms with E-state index in [-0.39, 0.29) is 11.5 Å². The van der Waals surface area contributed by atoms with Gasteiger partial charge in [0, 0.05) is 18.9 Å². The van der Waals surface area contributed by atoms with Crippen LogP contribution in [-0.4, -0.2) is 39.0 Å². The average Bonchev–Trinajstić information content (AvgIpc) is 2.97. The van der Waals surface area contributed by atoms with Crippen molar-refractivity contribution in [2.24, 2.45) is 28.6 Å². The van der Waals surface area contributed by atoms with Crippen molar-refractivity contribution < 1.29 is 19.0 Å². The van der Waals surface area contributed by atoms with E-state index in [1.165, 1.54) is 19.3 Å². The Labute approximate surface area is 164 Å². The maximum absolute atomic E-state index is 12.5. The van der Waals surface area contributed by atoms with Crippen LogP contribution in [0.15, 0.2) is 11.6 Å². The van der Waals surface area contributed by atoms with Crippen LogP contribution in [0.4, 0.5) is 0 Å². The molecule has 0 aromatic rings. The van der Waals surface area contributed by atoms with Crippen LogP contribution in [0.2, 0.25) is 0 Å². The van der Waals surface area contributed by atoms with Crippen molar-refractivity contribution in [3.63, 3.8) is 0 Å². The molecule has 0 amide bonds. The van der Waals surface area contributed by atoms with Crippen LogP contribution in [0.25, 0.3) is 0 Å². The number of Topliss-reactive ketones (excluding diaryl/α,β-unsaturated/α-hetero) is 1. The molecule has 0 heterocycles. The molecule has 3 fully saturated rings. The Hall–Kier alpha value is -0.710. The molecule has 0 aliphatic heterocycles. The fourth-order valence-corrected chi connectivity index (χ4v) is 6.89. The van der Waals surface area contributed by atoms with Gasteiger partial charge >= 0.3 is 0 Å². The summed E-state index contributed by atoms with van der Waals surface area (Å²) in [5, 5.41) is 0. The van der Waals surface area contributed by atoms with Crippen molar-refractivity contribution in [2.75, 3.05) is 27.1 Å². The molecule has 0 N–H and O–H groups in total. The van der Waals surface area contributed by atoms with Gasteiger partial charge in [0.25, 0.3) is 0 Å². The number of ether oxygens (including phenoxy) is 3. The van der Waals surface area contributed by atoms with Crippen LogP contribution >= 0.6 is 0 Å². The van der Waals surface area contributed by atoms with Crippen LogP contribution in [0.1, 0.15) is 65.2 Å². The number of fused-ring (bicyclic) bond motifs is 5. The van der Waals surface area contributed by atoms with Gasteiger partial charge in [-0.15, -0.1) is 0 Å². The lowest BCUT2D eigenvalue weighted by atomic mass is 9.48. The third-order valence-electron chi connectivity index (χ3n) is 8.59. The van der Waals surface area contributed by atoms with E-state index in [9.17, 15) is 4.79 Å². The van der Waals surface area contributed by atoms with Crippen LogP contribution < -0.4 is 0 Å². The van der Waals surface area contributed by atoms with Crippen LogP contribution in [0.3, 0.4) is 0 Å². The number of rotatable bonds is 6. The average molecular weight is 377 g/mol. The molecule has 0 aromatic heterocycles. The molecule has 4 aliphatic carbocycles. The van der Waals surface area contributed by atoms with Crippen molar-refractivity contribution in [1.82, 2.24) is 0 Å². The van der Waals surface area contributed by atoms with E-state index >= 15 is 0 Å². The number of hydrogen-bond donors (Lipinski definition) is 0. The molecule has 4 aliphatic rings. The number of hydrogen-bond acceptors (Lipinski definition) is 4. The summed E-state index contributed by atoms with van der Waals surface area (Å²) in [5.74, 6) is 2.61. The third-order valence-corrected chi connectivity index (χ3v) is 8.59. The van der Waals surface area contributed by atoms with Gasteiger partial charge in [-0.3, -0.25) is 4.79 Å². The highest BCUT2D eigenvalue weighted by Gasteiger charge is 2.58. The molecule has 27 heavy (non-hydrogen) atoms. The minimum Gasteiger partial charge on any atom is -0.382 e. The predicted molar refractivity (Wildman–Crippen MR) is 104 cm³/mol. The van der Waals surface area contributed by atoms with E-state index in [0.717, 1.165) is 38.0 Å². The van der Waals surface area contributed by atoms with Gasteiger partial charge in [-0.2, -0.15) is 0 Å². The quantitative estimate of drug-likeness (QED) is 0.388. The van der Waals surface area contributed by atoms with Crippen LogP contribution in [0, 0.1) is 28.6 Å². The first-order valence-electron chi connectivity index (χ1n) is 10.9. The van der Waals surface area contributed by atoms with Gasteiger partial charge in [0.15, 0.2) is 0 Å². The molecule has 0 saturated heterocycles. The topological polar surface area (TPSA) is 44.8 Å². The lowest BCUT2D eigenvalue weighted by Crippen LogP contribution is -2.50. The maximum atomic E-state index is 12.5. The van der Waals surface area contributed by atoms with E-state index in [0.29, 0.717) is 43.0 Å². The second kappa shape index (κ2) is 7.61. The molecule has 0 spiro atoms. The van der Waals surface area contributed by atoms with Gasteiger partial charge in [0.2, 0.25) is 0 Å². The summed E-state index contributed by atoms with van der Waals surface area (Å²) < 4.78 is 16.5. The molecule has 3 saturated carbocycles. The first-order chi connectivity index (χ1) is 13.0. The Bertz CT molecular complexity index is 599. The lowest BCUT2D eigenvalue weighted by molar-refractivity contribution is -0.133. The van der Waals surface area contributed by atoms with Gasteiger partial charge in [0.1, 0.15) is 12.6 Å². The van der Waals surface area contributed by atoms with E-state index in [1.54, 1.807) is 12.7 Å². The molecule has 0 radical (unpaired) electrons. The molecule has 1 unspecified atom stereocenters. The molecular formula is C23H36O4. The highest BCUT2D eigenvalue weighted by Crippen LogP contribution is 2.64. The smallest absolute Gasteiger partial charge is 0.147 e. The third kappa shape index (κ3) is 3.32. The summed E-state index contributed by atoms with van der Waals surface area (Å²) in [5.41, 5.74) is 1.90. The van der Waals surface area contributed by atoms with Crippen LogP contribution in [-0.2, 0) is 19.0 Å². The molecule has 0 aromatic carbocycles. The zero-order valence-electron chi connectivity index (χ0n) is 17.3. The highest BCUT2D eigenvalue weighted by atomic mass is 16.7. The van der Waals surface area contributed by atoms with Crippen molar-refractivity contribution in [3.05, 3.63) is 11.6 Å². The Balaban J connectivity index is 1.41. The molecule has 4 rings (SSSR count). The first-order valence-corrected chi connectivity index (χ1v) is 10.9. The summed E-state index contributed by atoms with van der Waals surface area (Å²) in [6.45, 7) is 6.33. The monoisotopic (exact) mass is 376 g/mol. The highest BCUT2D eigenvalue weighted by molar-refractivity contribution is 5.87. The largest absolute Gasteiger partial charge is 0.382 e. The minimum absolute atomic E-state index is 0.0251. The van der Waals surface area contributed by atoms with E-state index in [2.05, 4.69) is 19.9 Å². The Morgan fingerprint density at radius 1 is 1.07 bits per heavy atom. The van der Waals surface area contributed by atoms with E-state index in [4.69, 9.17) is 14.2 Å². The minimum atomic E-state index is -0.0251. The van der Waals surface area contributed by atoms with E-state index in [1.807, 2.05) is 0 Å². The summed E-state index contributed by atoms with van der Waals surface area (Å²) in [6.07, 6.45) is 11.6. The summed E-state index contributed by atoms with van der Waals surface area (Å²) in [7, 11) is 1.68. The van der Waals surface area contributed by atoms with Gasteiger partial charge in [-0.1, -0.05) is 25.5 Å². The summed E-state index contributed by atoms with van der Waals surface area (Å²) in [4.78, 5) is 12.5. The number of carbonyl (C=O) groups is 1. The first kappa shape index (κ1) is 19.6. The number of ketones is 1. The summed E-state index contributed by atoms with van der Waals surface area (Å²) >= 11 is 0. The SMILES string of the molecule is COCCOCOC1CC[C@@]2(C)C(=CC[C@@H]3[C@H]2CC[C@]2(C)C(=O)CC[C@@H]32)C1. The summed E-state index contributed by atoms with van der Waals surface area (Å²) in [6, 6.07) is 0. The molecule has 4 heteroatoms. The molecule has 152 valence electrons. The predicted octanol–water partition coefficient (Wildman–Crippen LogP) is 4.52. The Morgan fingerprint density at radius 2 is 1.85 bits per heavy atom. The maximum Gasteiger partial charge on any atom is 0.147 e. The number of carbonyl (C=O) groups excluding carboxylic acids is 1. The van der Waals surface area contributed by atoms with Crippen LogP contribution in [0.5, 0.6) is 0 Å². The molecule has 6 atom stereocenters. The normalized spacial score (nSPS) is 43.7. The van der Waals surface area contributed by atoms with Gasteiger partial charge in [-0.25, -0.2) is 0 Å². The van der Waals surface area contributed by atoms with Crippen molar-refractivity contribution in [1.29, 1.82) is 0 Å². The zero-order chi connectivity index (χ0) is 19.1. The van der Waals surface area contributed by atoms with Crippen molar-refractivity contribution >= 4 is 5.78 Å². The number of methoxy groups -OCH3 is 1. The Morgan fingerprint density at radius 3 is 2.67 bits per heavy atom. The van der Waals surface area contributed by atoms with Gasteiger partial charge in [-0.05, 0) is 68.1 Å². The van der Waals surface area contributed by atoms with Crippen molar-refractivity contribution in [2.45, 2.75) is 71.3 Å². The van der Waals surface area contributed by atoms with Gasteiger partial charge < -0.3 is 14.2 Å². The molecule has 0 bridgehead atoms. The standard InChI is InChI=1S/C23H36O4/c1-22-10-8-17(27-15-26-13-12-25-3)14-16(22)4-5-18-19-6-7-21(24)23(19,2)11-9-20(18)22/h4,17-20H,5-15H2,1-3H3/t17?,18-,19-,20+,22-,23-/m0/s1. The second-order valence-electron chi connectivity index (χ2n) is 9.73. The van der Waals surface area contributed by atoms with Gasteiger partial charge in [0.05, 0.1) is 19.3 Å². The second-order valence-corrected chi connectivity index (χ2v) is 9.73. The molecule has 4 nitrogen and oxygen atoms in total. The number of allylic oxidation sites excluding steroid dienone is 1. The molecular weight excluding hydrogens is 340 g/mol.